The number of hydrogen-bond donors (Lipinski definition) is 1. The highest BCUT2D eigenvalue weighted by molar-refractivity contribution is 5.81. The summed E-state index contributed by atoms with van der Waals surface area (Å²) in [7, 11) is 0. The molecule has 1 saturated carbocycles. The van der Waals surface area contributed by atoms with Crippen LogP contribution in [0.3, 0.4) is 0 Å². The first-order chi connectivity index (χ1) is 13.6. The van der Waals surface area contributed by atoms with Crippen LogP contribution in [0, 0.1) is 11.8 Å². The first kappa shape index (κ1) is 18.7. The summed E-state index contributed by atoms with van der Waals surface area (Å²) < 4.78 is 0. The topological polar surface area (TPSA) is 57.6 Å². The number of aliphatic carboxylic acids is 1. The van der Waals surface area contributed by atoms with Gasteiger partial charge < -0.3 is 10.0 Å². The molecule has 1 saturated heterocycles. The van der Waals surface area contributed by atoms with Crippen LogP contribution in [0.25, 0.3) is 0 Å². The van der Waals surface area contributed by atoms with E-state index in [2.05, 4.69) is 24.3 Å². The van der Waals surface area contributed by atoms with E-state index in [0.29, 0.717) is 19.0 Å². The number of rotatable bonds is 4. The van der Waals surface area contributed by atoms with E-state index in [9.17, 15) is 14.7 Å². The van der Waals surface area contributed by atoms with E-state index in [0.717, 1.165) is 31.2 Å². The highest BCUT2D eigenvalue weighted by Gasteiger charge is 2.42. The summed E-state index contributed by atoms with van der Waals surface area (Å²) in [5.41, 5.74) is 2.38. The second-order valence-corrected chi connectivity index (χ2v) is 8.16. The van der Waals surface area contributed by atoms with Crippen molar-refractivity contribution < 1.29 is 14.7 Å². The van der Waals surface area contributed by atoms with E-state index in [1.807, 2.05) is 41.3 Å². The van der Waals surface area contributed by atoms with Crippen molar-refractivity contribution in [2.45, 2.75) is 37.5 Å². The van der Waals surface area contributed by atoms with Crippen LogP contribution < -0.4 is 0 Å². The number of amides is 1. The van der Waals surface area contributed by atoms with Gasteiger partial charge in [0.05, 0.1) is 5.92 Å². The maximum atomic E-state index is 13.1. The maximum absolute atomic E-state index is 13.1. The highest BCUT2D eigenvalue weighted by atomic mass is 16.4. The van der Waals surface area contributed by atoms with Gasteiger partial charge in [-0.15, -0.1) is 0 Å². The number of carbonyl (C=O) groups is 2. The molecule has 28 heavy (non-hydrogen) atoms. The maximum Gasteiger partial charge on any atom is 0.308 e. The first-order valence-corrected chi connectivity index (χ1v) is 10.2. The normalized spacial score (nSPS) is 27.5. The smallest absolute Gasteiger partial charge is 0.308 e. The molecule has 2 aliphatic rings. The van der Waals surface area contributed by atoms with E-state index in [1.165, 1.54) is 5.56 Å². The summed E-state index contributed by atoms with van der Waals surface area (Å²) in [4.78, 5) is 26.7. The lowest BCUT2D eigenvalue weighted by Crippen LogP contribution is -2.36. The van der Waals surface area contributed by atoms with Gasteiger partial charge >= 0.3 is 5.97 Å². The van der Waals surface area contributed by atoms with Crippen LogP contribution in [-0.4, -0.2) is 35.0 Å². The minimum Gasteiger partial charge on any atom is -0.481 e. The van der Waals surface area contributed by atoms with Gasteiger partial charge in [0.1, 0.15) is 0 Å². The molecule has 2 aromatic carbocycles. The van der Waals surface area contributed by atoms with Crippen molar-refractivity contribution in [2.24, 2.45) is 11.8 Å². The Labute approximate surface area is 166 Å². The monoisotopic (exact) mass is 377 g/mol. The Kier molecular flexibility index (Phi) is 5.47. The fraction of sp³-hybridized carbons (Fsp3) is 0.417. The molecule has 1 aliphatic carbocycles. The molecule has 0 radical (unpaired) electrons. The summed E-state index contributed by atoms with van der Waals surface area (Å²) in [6.45, 7) is 0.838. The summed E-state index contributed by atoms with van der Waals surface area (Å²) in [5.74, 6) is -0.736. The lowest BCUT2D eigenvalue weighted by atomic mass is 9.78. The molecule has 0 bridgehead atoms. The van der Waals surface area contributed by atoms with E-state index in [1.54, 1.807) is 0 Å². The number of benzene rings is 2. The van der Waals surface area contributed by atoms with Gasteiger partial charge in [0.25, 0.3) is 0 Å². The van der Waals surface area contributed by atoms with E-state index < -0.39 is 11.9 Å². The van der Waals surface area contributed by atoms with Crippen molar-refractivity contribution in [1.29, 1.82) is 0 Å². The number of carboxylic acid groups (broad SMARTS) is 1. The third-order valence-corrected chi connectivity index (χ3v) is 6.52. The number of carbonyl (C=O) groups excluding carboxylic acids is 1. The molecule has 2 aromatic rings. The van der Waals surface area contributed by atoms with Gasteiger partial charge in [0.2, 0.25) is 5.91 Å². The number of likely N-dealkylation sites (tertiary alicyclic amines) is 1. The van der Waals surface area contributed by atoms with Crippen molar-refractivity contribution >= 4 is 11.9 Å². The fourth-order valence-corrected chi connectivity index (χ4v) is 4.93. The minimum atomic E-state index is -0.808. The Bertz CT molecular complexity index is 812. The predicted molar refractivity (Wildman–Crippen MR) is 108 cm³/mol. The van der Waals surface area contributed by atoms with Gasteiger partial charge in [-0.05, 0) is 42.7 Å². The molecule has 4 nitrogen and oxygen atoms in total. The van der Waals surface area contributed by atoms with Gasteiger partial charge in [0.15, 0.2) is 0 Å². The Morgan fingerprint density at radius 1 is 0.786 bits per heavy atom. The van der Waals surface area contributed by atoms with Gasteiger partial charge in [-0.1, -0.05) is 60.7 Å². The summed E-state index contributed by atoms with van der Waals surface area (Å²) in [5, 5.41) is 9.68. The second kappa shape index (κ2) is 8.17. The Morgan fingerprint density at radius 3 is 1.93 bits per heavy atom. The number of nitrogens with zero attached hydrogens (tertiary/aromatic N) is 1. The van der Waals surface area contributed by atoms with Crippen LogP contribution >= 0.6 is 0 Å². The van der Waals surface area contributed by atoms with Crippen LogP contribution in [0.2, 0.25) is 0 Å². The van der Waals surface area contributed by atoms with Gasteiger partial charge in [-0.3, -0.25) is 9.59 Å². The third-order valence-electron chi connectivity index (χ3n) is 6.52. The lowest BCUT2D eigenvalue weighted by Gasteiger charge is -2.30. The molecule has 1 N–H and O–H groups in total. The van der Waals surface area contributed by atoms with Crippen molar-refractivity contribution in [3.63, 3.8) is 0 Å². The molecule has 4 rings (SSSR count). The SMILES string of the molecule is O=C(O)C1CN(C(=O)C2CCC(c3ccccc3)CC2)CC1c1ccccc1. The van der Waals surface area contributed by atoms with Gasteiger partial charge in [-0.25, -0.2) is 0 Å². The van der Waals surface area contributed by atoms with Crippen LogP contribution in [-0.2, 0) is 9.59 Å². The van der Waals surface area contributed by atoms with E-state index >= 15 is 0 Å². The molecule has 0 spiro atoms. The lowest BCUT2D eigenvalue weighted by molar-refractivity contribution is -0.142. The Balaban J connectivity index is 1.41. The molecular weight excluding hydrogens is 350 g/mol. The summed E-state index contributed by atoms with van der Waals surface area (Å²) in [6.07, 6.45) is 3.84. The average Bonchev–Trinajstić information content (AvgIpc) is 3.20. The third kappa shape index (κ3) is 3.82. The predicted octanol–water partition coefficient (Wildman–Crippen LogP) is 4.29. The van der Waals surface area contributed by atoms with E-state index in [4.69, 9.17) is 0 Å². The van der Waals surface area contributed by atoms with E-state index in [-0.39, 0.29) is 17.7 Å². The quantitative estimate of drug-likeness (QED) is 0.865. The zero-order valence-electron chi connectivity index (χ0n) is 16.0. The fourth-order valence-electron chi connectivity index (χ4n) is 4.93. The zero-order valence-corrected chi connectivity index (χ0v) is 16.0. The first-order valence-electron chi connectivity index (χ1n) is 10.2. The van der Waals surface area contributed by atoms with Crippen molar-refractivity contribution in [1.82, 2.24) is 4.90 Å². The largest absolute Gasteiger partial charge is 0.481 e. The molecule has 2 atom stereocenters. The van der Waals surface area contributed by atoms with Crippen LogP contribution in [0.4, 0.5) is 0 Å². The molecule has 0 aromatic heterocycles. The Hall–Kier alpha value is -2.62. The average molecular weight is 377 g/mol. The van der Waals surface area contributed by atoms with Crippen LogP contribution in [0.5, 0.6) is 0 Å². The molecule has 2 unspecified atom stereocenters. The van der Waals surface area contributed by atoms with Crippen molar-refractivity contribution in [2.75, 3.05) is 13.1 Å². The zero-order chi connectivity index (χ0) is 19.5. The highest BCUT2D eigenvalue weighted by Crippen LogP contribution is 2.39. The van der Waals surface area contributed by atoms with Crippen LogP contribution in [0.1, 0.15) is 48.6 Å². The Morgan fingerprint density at radius 2 is 1.36 bits per heavy atom. The molecule has 1 heterocycles. The van der Waals surface area contributed by atoms with Crippen molar-refractivity contribution in [3.05, 3.63) is 71.8 Å². The minimum absolute atomic E-state index is 0.0314. The van der Waals surface area contributed by atoms with Crippen LogP contribution in [0.15, 0.2) is 60.7 Å². The molecule has 1 aliphatic heterocycles. The van der Waals surface area contributed by atoms with Gasteiger partial charge in [0, 0.05) is 24.9 Å². The number of hydrogen-bond acceptors (Lipinski definition) is 2. The number of carboxylic acids is 1. The summed E-state index contributed by atoms with van der Waals surface area (Å²) >= 11 is 0. The second-order valence-electron chi connectivity index (χ2n) is 8.16. The van der Waals surface area contributed by atoms with Gasteiger partial charge in [-0.2, -0.15) is 0 Å². The summed E-state index contributed by atoms with van der Waals surface area (Å²) in [6, 6.07) is 20.3. The molecule has 2 fully saturated rings. The molecular formula is C24H27NO3. The molecule has 1 amide bonds. The standard InChI is InChI=1S/C24H27NO3/c26-23(20-13-11-18(12-14-20)17-7-3-1-4-8-17)25-15-21(22(16-25)24(27)28)19-9-5-2-6-10-19/h1-10,18,20-22H,11-16H2,(H,27,28). The molecule has 4 heteroatoms. The molecule has 146 valence electrons. The van der Waals surface area contributed by atoms with Crippen molar-refractivity contribution in [3.8, 4) is 0 Å².